The number of nitrogens with zero attached hydrogens (tertiary/aromatic N) is 2. The molecule has 2 aromatic heterocycles. The zero-order valence-electron chi connectivity index (χ0n) is 11.8. The average molecular weight is 298 g/mol. The van der Waals surface area contributed by atoms with Crippen molar-refractivity contribution in [3.05, 3.63) is 52.8 Å². The Labute approximate surface area is 126 Å². The van der Waals surface area contributed by atoms with Gasteiger partial charge in [-0.1, -0.05) is 13.0 Å². The number of aryl methyl sites for hydroxylation is 2. The van der Waals surface area contributed by atoms with Crippen LogP contribution >= 0.6 is 11.5 Å². The van der Waals surface area contributed by atoms with Gasteiger partial charge in [0, 0.05) is 17.1 Å². The fourth-order valence-corrected chi connectivity index (χ4v) is 2.94. The second-order valence-electron chi connectivity index (χ2n) is 4.88. The molecule has 0 aliphatic carbocycles. The van der Waals surface area contributed by atoms with Crippen molar-refractivity contribution in [3.8, 4) is 5.75 Å². The van der Waals surface area contributed by atoms with Gasteiger partial charge in [0.05, 0.1) is 11.3 Å². The van der Waals surface area contributed by atoms with Gasteiger partial charge in [-0.2, -0.15) is 4.37 Å². The highest BCUT2D eigenvalue weighted by molar-refractivity contribution is 7.12. The third-order valence-corrected chi connectivity index (χ3v) is 4.35. The van der Waals surface area contributed by atoms with Crippen molar-refractivity contribution in [3.63, 3.8) is 0 Å². The zero-order valence-corrected chi connectivity index (χ0v) is 12.6. The number of ketones is 1. The molecule has 3 aromatic rings. The van der Waals surface area contributed by atoms with E-state index in [1.807, 2.05) is 19.9 Å². The molecule has 21 heavy (non-hydrogen) atoms. The van der Waals surface area contributed by atoms with Gasteiger partial charge >= 0.3 is 0 Å². The Bertz CT molecular complexity index is 839. The highest BCUT2D eigenvalue weighted by Crippen LogP contribution is 2.25. The zero-order chi connectivity index (χ0) is 15.0. The van der Waals surface area contributed by atoms with Crippen LogP contribution < -0.4 is 0 Å². The molecule has 0 radical (unpaired) electrons. The van der Waals surface area contributed by atoms with E-state index in [0.29, 0.717) is 11.1 Å². The van der Waals surface area contributed by atoms with Gasteiger partial charge < -0.3 is 5.11 Å². The van der Waals surface area contributed by atoms with Crippen molar-refractivity contribution < 1.29 is 9.90 Å². The van der Waals surface area contributed by atoms with E-state index in [1.165, 1.54) is 11.5 Å². The molecule has 0 amide bonds. The Morgan fingerprint density at radius 3 is 2.90 bits per heavy atom. The second-order valence-corrected chi connectivity index (χ2v) is 5.63. The molecule has 0 saturated heterocycles. The van der Waals surface area contributed by atoms with E-state index in [0.717, 1.165) is 27.9 Å². The lowest BCUT2D eigenvalue weighted by Gasteiger charge is -2.06. The normalized spacial score (nSPS) is 11.0. The van der Waals surface area contributed by atoms with E-state index in [2.05, 4.69) is 9.36 Å². The molecule has 106 valence electrons. The summed E-state index contributed by atoms with van der Waals surface area (Å²) in [7, 11) is 0. The Morgan fingerprint density at radius 1 is 1.33 bits per heavy atom. The average Bonchev–Trinajstić information content (AvgIpc) is 2.88. The molecule has 0 aliphatic heterocycles. The van der Waals surface area contributed by atoms with Gasteiger partial charge in [-0.05, 0) is 48.6 Å². The SMILES string of the molecule is CCc1ccc(O)c(C(=O)c2cnc3snc(C)c3c2)c1. The number of aromatic hydroxyl groups is 1. The van der Waals surface area contributed by atoms with E-state index >= 15 is 0 Å². The topological polar surface area (TPSA) is 63.1 Å². The lowest BCUT2D eigenvalue weighted by molar-refractivity contribution is 0.103. The maximum Gasteiger partial charge on any atom is 0.198 e. The van der Waals surface area contributed by atoms with E-state index in [9.17, 15) is 9.90 Å². The summed E-state index contributed by atoms with van der Waals surface area (Å²) < 4.78 is 4.23. The number of carbonyl (C=O) groups is 1. The van der Waals surface area contributed by atoms with Crippen LogP contribution in [0.3, 0.4) is 0 Å². The van der Waals surface area contributed by atoms with Gasteiger partial charge in [0.15, 0.2) is 5.78 Å². The van der Waals surface area contributed by atoms with Crippen LogP contribution in [0.2, 0.25) is 0 Å². The van der Waals surface area contributed by atoms with Crippen molar-refractivity contribution in [1.29, 1.82) is 0 Å². The van der Waals surface area contributed by atoms with Gasteiger partial charge in [-0.15, -0.1) is 0 Å². The van der Waals surface area contributed by atoms with Gasteiger partial charge in [-0.3, -0.25) is 4.79 Å². The third kappa shape index (κ3) is 2.40. The summed E-state index contributed by atoms with van der Waals surface area (Å²) in [4.78, 5) is 17.7. The second kappa shape index (κ2) is 5.26. The maximum atomic E-state index is 12.6. The summed E-state index contributed by atoms with van der Waals surface area (Å²) in [5.41, 5.74) is 2.66. The van der Waals surface area contributed by atoms with Gasteiger partial charge in [0.25, 0.3) is 0 Å². The molecule has 0 atom stereocenters. The largest absolute Gasteiger partial charge is 0.507 e. The molecule has 0 aliphatic rings. The van der Waals surface area contributed by atoms with E-state index in [-0.39, 0.29) is 11.5 Å². The maximum absolute atomic E-state index is 12.6. The van der Waals surface area contributed by atoms with Crippen LogP contribution in [-0.2, 0) is 6.42 Å². The summed E-state index contributed by atoms with van der Waals surface area (Å²) >= 11 is 1.32. The Hall–Kier alpha value is -2.27. The van der Waals surface area contributed by atoms with E-state index in [1.54, 1.807) is 24.4 Å². The van der Waals surface area contributed by atoms with E-state index in [4.69, 9.17) is 0 Å². The first-order valence-corrected chi connectivity index (χ1v) is 7.46. The monoisotopic (exact) mass is 298 g/mol. The number of phenols is 1. The number of benzene rings is 1. The minimum Gasteiger partial charge on any atom is -0.507 e. The minimum absolute atomic E-state index is 0.00235. The summed E-state index contributed by atoms with van der Waals surface area (Å²) in [6, 6.07) is 6.91. The van der Waals surface area contributed by atoms with Crippen molar-refractivity contribution in [2.45, 2.75) is 20.3 Å². The van der Waals surface area contributed by atoms with Crippen LogP contribution in [-0.4, -0.2) is 20.2 Å². The Kier molecular flexibility index (Phi) is 3.43. The molecule has 0 bridgehead atoms. The van der Waals surface area contributed by atoms with Gasteiger partial charge in [0.1, 0.15) is 10.6 Å². The smallest absolute Gasteiger partial charge is 0.198 e. The fraction of sp³-hybridized carbons (Fsp3) is 0.188. The lowest BCUT2D eigenvalue weighted by atomic mass is 10.00. The summed E-state index contributed by atoms with van der Waals surface area (Å²) in [5, 5.41) is 10.8. The quantitative estimate of drug-likeness (QED) is 0.752. The Balaban J connectivity index is 2.09. The van der Waals surface area contributed by atoms with Crippen LogP contribution in [0.15, 0.2) is 30.5 Å². The van der Waals surface area contributed by atoms with Crippen LogP contribution in [0.4, 0.5) is 0 Å². The Morgan fingerprint density at radius 2 is 2.14 bits per heavy atom. The van der Waals surface area contributed by atoms with Crippen LogP contribution in [0.1, 0.15) is 34.1 Å². The molecule has 1 aromatic carbocycles. The number of carbonyl (C=O) groups excluding carboxylic acids is 1. The summed E-state index contributed by atoms with van der Waals surface area (Å²) in [6.45, 7) is 3.90. The highest BCUT2D eigenvalue weighted by Gasteiger charge is 2.16. The minimum atomic E-state index is -0.220. The third-order valence-electron chi connectivity index (χ3n) is 3.49. The van der Waals surface area contributed by atoms with Crippen molar-refractivity contribution >= 4 is 27.5 Å². The molecule has 1 N–H and O–H groups in total. The van der Waals surface area contributed by atoms with Crippen LogP contribution in [0, 0.1) is 6.92 Å². The number of fused-ring (bicyclic) bond motifs is 1. The first-order chi connectivity index (χ1) is 10.1. The number of aromatic nitrogens is 2. The number of hydrogen-bond acceptors (Lipinski definition) is 5. The highest BCUT2D eigenvalue weighted by atomic mass is 32.1. The van der Waals surface area contributed by atoms with E-state index < -0.39 is 0 Å². The predicted octanol–water partition coefficient (Wildman–Crippen LogP) is 3.50. The predicted molar refractivity (Wildman–Crippen MR) is 83.1 cm³/mol. The summed E-state index contributed by atoms with van der Waals surface area (Å²) in [5.74, 6) is -0.222. The molecule has 2 heterocycles. The molecular weight excluding hydrogens is 284 g/mol. The van der Waals surface area contributed by atoms with Gasteiger partial charge in [0.2, 0.25) is 0 Å². The number of rotatable bonds is 3. The number of pyridine rings is 1. The van der Waals surface area contributed by atoms with Crippen molar-refractivity contribution in [1.82, 2.24) is 9.36 Å². The molecule has 3 rings (SSSR count). The molecule has 5 heteroatoms. The lowest BCUT2D eigenvalue weighted by Crippen LogP contribution is -2.03. The molecular formula is C16H14N2O2S. The van der Waals surface area contributed by atoms with Crippen molar-refractivity contribution in [2.24, 2.45) is 0 Å². The fourth-order valence-electron chi connectivity index (χ4n) is 2.21. The number of hydrogen-bond donors (Lipinski definition) is 1. The number of phenolic OH excluding ortho intramolecular Hbond substituents is 1. The standard InChI is InChI=1S/C16H14N2O2S/c1-3-10-4-5-14(19)13(6-10)15(20)11-7-12-9(2)18-21-16(12)17-8-11/h4-8,19H,3H2,1-2H3. The molecule has 4 nitrogen and oxygen atoms in total. The molecule has 0 spiro atoms. The molecule has 0 saturated carbocycles. The molecule has 0 unspecified atom stereocenters. The first-order valence-electron chi connectivity index (χ1n) is 6.68. The summed E-state index contributed by atoms with van der Waals surface area (Å²) in [6.07, 6.45) is 2.35. The first kappa shape index (κ1) is 13.7. The van der Waals surface area contributed by atoms with Crippen LogP contribution in [0.5, 0.6) is 5.75 Å². The van der Waals surface area contributed by atoms with Gasteiger partial charge in [-0.25, -0.2) is 4.98 Å². The van der Waals surface area contributed by atoms with Crippen LogP contribution in [0.25, 0.3) is 10.2 Å². The van der Waals surface area contributed by atoms with Crippen molar-refractivity contribution in [2.75, 3.05) is 0 Å². The molecule has 0 fully saturated rings.